The number of hydrogen-bond donors (Lipinski definition) is 0. The molecule has 82 valence electrons. The zero-order valence-electron chi connectivity index (χ0n) is 9.37. The minimum absolute atomic E-state index is 0.0569. The van der Waals surface area contributed by atoms with Gasteiger partial charge in [0.25, 0.3) is 0 Å². The lowest BCUT2D eigenvalue weighted by molar-refractivity contribution is -0.152. The van der Waals surface area contributed by atoms with Crippen LogP contribution in [0.4, 0.5) is 0 Å². The highest BCUT2D eigenvalue weighted by Gasteiger charge is 2.14. The van der Waals surface area contributed by atoms with Gasteiger partial charge in [-0.15, -0.1) is 0 Å². The van der Waals surface area contributed by atoms with Crippen LogP contribution in [0.25, 0.3) is 0 Å². The molecule has 4 nitrogen and oxygen atoms in total. The van der Waals surface area contributed by atoms with E-state index in [-0.39, 0.29) is 24.5 Å². The van der Waals surface area contributed by atoms with Crippen LogP contribution in [0.1, 0.15) is 34.1 Å². The number of nitrogens with zero attached hydrogens (tertiary/aromatic N) is 1. The van der Waals surface area contributed by atoms with Crippen molar-refractivity contribution in [2.75, 3.05) is 13.1 Å². The van der Waals surface area contributed by atoms with Gasteiger partial charge in [-0.2, -0.15) is 0 Å². The summed E-state index contributed by atoms with van der Waals surface area (Å²) < 4.78 is 4.94. The monoisotopic (exact) mass is 201 g/mol. The van der Waals surface area contributed by atoms with Crippen LogP contribution < -0.4 is 0 Å². The summed E-state index contributed by atoms with van der Waals surface area (Å²) in [5.41, 5.74) is 0. The van der Waals surface area contributed by atoms with Gasteiger partial charge >= 0.3 is 5.97 Å². The minimum atomic E-state index is -0.344. The van der Waals surface area contributed by atoms with Gasteiger partial charge in [-0.1, -0.05) is 6.92 Å². The molecule has 0 N–H and O–H groups in total. The van der Waals surface area contributed by atoms with Gasteiger partial charge in [0.05, 0.1) is 6.10 Å². The molecule has 4 heteroatoms. The van der Waals surface area contributed by atoms with E-state index in [1.165, 1.54) is 11.8 Å². The van der Waals surface area contributed by atoms with Gasteiger partial charge in [0.15, 0.2) is 0 Å². The molecule has 0 spiro atoms. The number of hydrogen-bond acceptors (Lipinski definition) is 3. The van der Waals surface area contributed by atoms with Crippen LogP contribution in [0.2, 0.25) is 0 Å². The van der Waals surface area contributed by atoms with Crippen LogP contribution in [-0.2, 0) is 14.3 Å². The van der Waals surface area contributed by atoms with E-state index in [4.69, 9.17) is 4.74 Å². The molecule has 0 fully saturated rings. The maximum absolute atomic E-state index is 11.2. The molecule has 0 bridgehead atoms. The summed E-state index contributed by atoms with van der Waals surface area (Å²) in [4.78, 5) is 23.8. The van der Waals surface area contributed by atoms with E-state index in [1.54, 1.807) is 13.8 Å². The summed E-state index contributed by atoms with van der Waals surface area (Å²) in [6, 6.07) is 0. The van der Waals surface area contributed by atoms with Crippen molar-refractivity contribution in [3.63, 3.8) is 0 Å². The van der Waals surface area contributed by atoms with E-state index in [0.29, 0.717) is 6.54 Å². The Hall–Kier alpha value is -1.06. The van der Waals surface area contributed by atoms with Gasteiger partial charge in [0.2, 0.25) is 5.91 Å². The third-order valence-corrected chi connectivity index (χ3v) is 1.63. The van der Waals surface area contributed by atoms with Crippen molar-refractivity contribution in [1.29, 1.82) is 0 Å². The van der Waals surface area contributed by atoms with Gasteiger partial charge in [0, 0.05) is 13.5 Å². The highest BCUT2D eigenvalue weighted by Crippen LogP contribution is 1.96. The van der Waals surface area contributed by atoms with Crippen molar-refractivity contribution in [3.05, 3.63) is 0 Å². The Morgan fingerprint density at radius 1 is 1.36 bits per heavy atom. The van der Waals surface area contributed by atoms with Crippen LogP contribution in [0.15, 0.2) is 0 Å². The normalized spacial score (nSPS) is 10.1. The molecule has 0 aromatic heterocycles. The molecule has 0 rings (SSSR count). The highest BCUT2D eigenvalue weighted by atomic mass is 16.5. The fourth-order valence-electron chi connectivity index (χ4n) is 1.07. The molecule has 14 heavy (non-hydrogen) atoms. The predicted molar refractivity (Wildman–Crippen MR) is 53.8 cm³/mol. The van der Waals surface area contributed by atoms with Gasteiger partial charge in [0.1, 0.15) is 6.54 Å². The predicted octanol–water partition coefficient (Wildman–Crippen LogP) is 1.20. The Balaban J connectivity index is 4.02. The first kappa shape index (κ1) is 12.9. The van der Waals surface area contributed by atoms with E-state index >= 15 is 0 Å². The Morgan fingerprint density at radius 3 is 2.29 bits per heavy atom. The second-order valence-corrected chi connectivity index (χ2v) is 3.48. The first-order chi connectivity index (χ1) is 6.47. The van der Waals surface area contributed by atoms with E-state index in [2.05, 4.69) is 0 Å². The smallest absolute Gasteiger partial charge is 0.325 e. The molecule has 0 unspecified atom stereocenters. The molecule has 0 heterocycles. The van der Waals surface area contributed by atoms with Crippen molar-refractivity contribution >= 4 is 11.9 Å². The van der Waals surface area contributed by atoms with Crippen LogP contribution >= 0.6 is 0 Å². The molecule has 0 radical (unpaired) electrons. The summed E-state index contributed by atoms with van der Waals surface area (Å²) in [7, 11) is 0. The summed E-state index contributed by atoms with van der Waals surface area (Å²) in [5.74, 6) is -0.434. The lowest BCUT2D eigenvalue weighted by Gasteiger charge is -2.19. The number of rotatable bonds is 5. The van der Waals surface area contributed by atoms with Crippen LogP contribution in [-0.4, -0.2) is 36.0 Å². The maximum Gasteiger partial charge on any atom is 0.325 e. The second-order valence-electron chi connectivity index (χ2n) is 3.48. The molecule has 0 saturated carbocycles. The number of esters is 1. The third kappa shape index (κ3) is 5.56. The Bertz CT molecular complexity index is 202. The average Bonchev–Trinajstić information content (AvgIpc) is 2.01. The summed E-state index contributed by atoms with van der Waals surface area (Å²) >= 11 is 0. The van der Waals surface area contributed by atoms with Crippen molar-refractivity contribution < 1.29 is 14.3 Å². The Kier molecular flexibility index (Phi) is 5.92. The fraction of sp³-hybridized carbons (Fsp3) is 0.800. The minimum Gasteiger partial charge on any atom is -0.462 e. The summed E-state index contributed by atoms with van der Waals surface area (Å²) in [6.45, 7) is 7.65. The number of amides is 1. The zero-order chi connectivity index (χ0) is 11.1. The van der Waals surface area contributed by atoms with E-state index in [1.807, 2.05) is 6.92 Å². The lowest BCUT2D eigenvalue weighted by Crippen LogP contribution is -2.36. The van der Waals surface area contributed by atoms with E-state index in [9.17, 15) is 9.59 Å². The van der Waals surface area contributed by atoms with Gasteiger partial charge in [-0.3, -0.25) is 9.59 Å². The number of carbonyl (C=O) groups excluding carboxylic acids is 2. The molecular formula is C10H19NO3. The molecule has 0 saturated heterocycles. The molecule has 0 aromatic carbocycles. The number of ether oxygens (including phenoxy) is 1. The molecule has 0 aliphatic rings. The van der Waals surface area contributed by atoms with Gasteiger partial charge in [-0.25, -0.2) is 0 Å². The zero-order valence-corrected chi connectivity index (χ0v) is 9.37. The molecule has 0 aromatic rings. The van der Waals surface area contributed by atoms with E-state index in [0.717, 1.165) is 6.42 Å². The quantitative estimate of drug-likeness (QED) is 0.628. The SMILES string of the molecule is CCCN(CC(=O)OC(C)C)C(C)=O. The first-order valence-corrected chi connectivity index (χ1v) is 4.92. The van der Waals surface area contributed by atoms with Crippen molar-refractivity contribution in [1.82, 2.24) is 4.90 Å². The van der Waals surface area contributed by atoms with Crippen LogP contribution in [0.3, 0.4) is 0 Å². The van der Waals surface area contributed by atoms with Gasteiger partial charge in [-0.05, 0) is 20.3 Å². The van der Waals surface area contributed by atoms with Crippen molar-refractivity contribution in [2.45, 2.75) is 40.2 Å². The van der Waals surface area contributed by atoms with Crippen LogP contribution in [0, 0.1) is 0 Å². The van der Waals surface area contributed by atoms with E-state index < -0.39 is 0 Å². The molecular weight excluding hydrogens is 182 g/mol. The first-order valence-electron chi connectivity index (χ1n) is 4.92. The summed E-state index contributed by atoms with van der Waals surface area (Å²) in [6.07, 6.45) is 0.715. The van der Waals surface area contributed by atoms with Crippen molar-refractivity contribution in [3.8, 4) is 0 Å². The average molecular weight is 201 g/mol. The maximum atomic E-state index is 11.2. The Labute approximate surface area is 85.2 Å². The topological polar surface area (TPSA) is 46.6 Å². The molecule has 1 amide bonds. The van der Waals surface area contributed by atoms with Crippen molar-refractivity contribution in [2.24, 2.45) is 0 Å². The molecule has 0 aliphatic heterocycles. The molecule has 0 aliphatic carbocycles. The molecule has 0 atom stereocenters. The summed E-state index contributed by atoms with van der Waals surface area (Å²) in [5, 5.41) is 0. The standard InChI is InChI=1S/C10H19NO3/c1-5-6-11(9(4)12)7-10(13)14-8(2)3/h8H,5-7H2,1-4H3. The number of carbonyl (C=O) groups is 2. The Morgan fingerprint density at radius 2 is 1.93 bits per heavy atom. The fourth-order valence-corrected chi connectivity index (χ4v) is 1.07. The third-order valence-electron chi connectivity index (χ3n) is 1.63. The van der Waals surface area contributed by atoms with Crippen LogP contribution in [0.5, 0.6) is 0 Å². The lowest BCUT2D eigenvalue weighted by atomic mass is 10.4. The van der Waals surface area contributed by atoms with Gasteiger partial charge < -0.3 is 9.64 Å². The second kappa shape index (κ2) is 6.40. The largest absolute Gasteiger partial charge is 0.462 e. The highest BCUT2D eigenvalue weighted by molar-refractivity contribution is 5.80.